The molecular weight excluding hydrogens is 282 g/mol. The van der Waals surface area contributed by atoms with E-state index in [4.69, 9.17) is 11.6 Å². The summed E-state index contributed by atoms with van der Waals surface area (Å²) in [6.07, 6.45) is 0. The maximum absolute atomic E-state index is 12.4. The van der Waals surface area contributed by atoms with Gasteiger partial charge in [-0.25, -0.2) is 0 Å². The Bertz CT molecular complexity index is 880. The van der Waals surface area contributed by atoms with Crippen LogP contribution in [-0.4, -0.2) is 4.57 Å². The van der Waals surface area contributed by atoms with E-state index >= 15 is 0 Å². The first kappa shape index (κ1) is 13.9. The quantitative estimate of drug-likeness (QED) is 0.690. The van der Waals surface area contributed by atoms with Crippen molar-refractivity contribution < 1.29 is 0 Å². The van der Waals surface area contributed by atoms with Gasteiger partial charge in [-0.2, -0.15) is 0 Å². The van der Waals surface area contributed by atoms with Crippen LogP contribution in [0, 0.1) is 13.8 Å². The molecule has 0 aliphatic rings. The van der Waals surface area contributed by atoms with Crippen LogP contribution in [0.15, 0.2) is 53.3 Å². The predicted octanol–water partition coefficient (Wildman–Crippen LogP) is 4.32. The molecule has 0 aliphatic carbocycles. The Balaban J connectivity index is 2.19. The average Bonchev–Trinajstić information content (AvgIpc) is 2.45. The Morgan fingerprint density at radius 1 is 1.00 bits per heavy atom. The number of fused-ring (bicyclic) bond motifs is 1. The number of aryl methyl sites for hydroxylation is 2. The van der Waals surface area contributed by atoms with Crippen LogP contribution in [0.25, 0.3) is 10.9 Å². The van der Waals surface area contributed by atoms with Crippen molar-refractivity contribution in [2.24, 2.45) is 0 Å². The molecule has 0 spiro atoms. The zero-order valence-corrected chi connectivity index (χ0v) is 12.8. The molecule has 0 fully saturated rings. The number of benzene rings is 2. The van der Waals surface area contributed by atoms with Crippen molar-refractivity contribution in [2.45, 2.75) is 20.4 Å². The molecule has 0 saturated carbocycles. The van der Waals surface area contributed by atoms with Gasteiger partial charge in [0.2, 0.25) is 0 Å². The second kappa shape index (κ2) is 5.38. The highest BCUT2D eigenvalue weighted by molar-refractivity contribution is 6.30. The minimum atomic E-state index is 0.0283. The van der Waals surface area contributed by atoms with Crippen LogP contribution < -0.4 is 5.56 Å². The summed E-state index contributed by atoms with van der Waals surface area (Å²) in [6, 6.07) is 15.5. The molecule has 0 unspecified atom stereocenters. The van der Waals surface area contributed by atoms with Gasteiger partial charge < -0.3 is 4.57 Å². The second-order valence-corrected chi connectivity index (χ2v) is 5.78. The number of hydrogen-bond acceptors (Lipinski definition) is 1. The molecule has 0 bridgehead atoms. The Morgan fingerprint density at radius 3 is 2.52 bits per heavy atom. The van der Waals surface area contributed by atoms with Gasteiger partial charge >= 0.3 is 0 Å². The number of rotatable bonds is 2. The highest BCUT2D eigenvalue weighted by Crippen LogP contribution is 2.19. The van der Waals surface area contributed by atoms with E-state index in [9.17, 15) is 4.79 Å². The van der Waals surface area contributed by atoms with Gasteiger partial charge in [0.05, 0.1) is 12.1 Å². The fraction of sp³-hybridized carbons (Fsp3) is 0.167. The van der Waals surface area contributed by atoms with Crippen LogP contribution in [0.3, 0.4) is 0 Å². The topological polar surface area (TPSA) is 22.0 Å². The van der Waals surface area contributed by atoms with E-state index < -0.39 is 0 Å². The van der Waals surface area contributed by atoms with Crippen molar-refractivity contribution in [2.75, 3.05) is 0 Å². The maximum Gasteiger partial charge on any atom is 0.251 e. The van der Waals surface area contributed by atoms with Gasteiger partial charge in [-0.15, -0.1) is 0 Å². The molecule has 0 atom stereocenters. The number of hydrogen-bond donors (Lipinski definition) is 0. The molecule has 1 heterocycles. The zero-order valence-electron chi connectivity index (χ0n) is 12.1. The highest BCUT2D eigenvalue weighted by Gasteiger charge is 2.08. The lowest BCUT2D eigenvalue weighted by molar-refractivity contribution is 0.788. The van der Waals surface area contributed by atoms with E-state index in [1.165, 1.54) is 0 Å². The first-order valence-electron chi connectivity index (χ1n) is 6.90. The Morgan fingerprint density at radius 2 is 1.76 bits per heavy atom. The Labute approximate surface area is 128 Å². The molecule has 21 heavy (non-hydrogen) atoms. The molecule has 2 nitrogen and oxygen atoms in total. The van der Waals surface area contributed by atoms with Crippen LogP contribution in [-0.2, 0) is 6.54 Å². The first-order chi connectivity index (χ1) is 10.1. The molecule has 3 heteroatoms. The number of halogens is 1. The van der Waals surface area contributed by atoms with Gasteiger partial charge in [0.25, 0.3) is 5.56 Å². The van der Waals surface area contributed by atoms with Crippen molar-refractivity contribution in [1.29, 1.82) is 0 Å². The largest absolute Gasteiger partial charge is 0.304 e. The monoisotopic (exact) mass is 297 g/mol. The lowest BCUT2D eigenvalue weighted by atomic mass is 10.1. The average molecular weight is 298 g/mol. The normalized spacial score (nSPS) is 11.0. The number of pyridine rings is 1. The van der Waals surface area contributed by atoms with E-state index in [1.54, 1.807) is 6.07 Å². The van der Waals surface area contributed by atoms with Crippen LogP contribution in [0.5, 0.6) is 0 Å². The summed E-state index contributed by atoms with van der Waals surface area (Å²) in [5.41, 5.74) is 4.21. The van der Waals surface area contributed by atoms with Crippen molar-refractivity contribution in [3.63, 3.8) is 0 Å². The third-order valence-electron chi connectivity index (χ3n) is 3.86. The number of aromatic nitrogens is 1. The molecule has 0 radical (unpaired) electrons. The molecule has 0 saturated heterocycles. The number of nitrogens with zero attached hydrogens (tertiary/aromatic N) is 1. The third-order valence-corrected chi connectivity index (χ3v) is 4.09. The van der Waals surface area contributed by atoms with Gasteiger partial charge in [0, 0.05) is 16.5 Å². The Kier molecular flexibility index (Phi) is 3.56. The van der Waals surface area contributed by atoms with E-state index in [-0.39, 0.29) is 5.56 Å². The standard InChI is InChI=1S/C18H16ClNO/c1-12-9-15(19)8-7-14(12)11-20-17-6-4-3-5-16(17)13(2)10-18(20)21/h3-10H,11H2,1-2H3. The molecule has 0 N–H and O–H groups in total. The van der Waals surface area contributed by atoms with Gasteiger partial charge in [-0.3, -0.25) is 4.79 Å². The van der Waals surface area contributed by atoms with Gasteiger partial charge in [-0.05, 0) is 48.7 Å². The smallest absolute Gasteiger partial charge is 0.251 e. The fourth-order valence-electron chi connectivity index (χ4n) is 2.67. The van der Waals surface area contributed by atoms with Crippen molar-refractivity contribution in [1.82, 2.24) is 4.57 Å². The van der Waals surface area contributed by atoms with Crippen LogP contribution in [0.2, 0.25) is 5.02 Å². The van der Waals surface area contributed by atoms with Crippen LogP contribution >= 0.6 is 11.6 Å². The van der Waals surface area contributed by atoms with E-state index in [2.05, 4.69) is 6.07 Å². The highest BCUT2D eigenvalue weighted by atomic mass is 35.5. The van der Waals surface area contributed by atoms with Gasteiger partial charge in [0.15, 0.2) is 0 Å². The van der Waals surface area contributed by atoms with Crippen molar-refractivity contribution in [3.05, 3.63) is 80.6 Å². The summed E-state index contributed by atoms with van der Waals surface area (Å²) >= 11 is 6.00. The zero-order chi connectivity index (χ0) is 15.0. The molecular formula is C18H16ClNO. The summed E-state index contributed by atoms with van der Waals surface area (Å²) in [7, 11) is 0. The minimum Gasteiger partial charge on any atom is -0.304 e. The maximum atomic E-state index is 12.4. The van der Waals surface area contributed by atoms with Crippen molar-refractivity contribution >= 4 is 22.5 Å². The molecule has 3 rings (SSSR count). The summed E-state index contributed by atoms with van der Waals surface area (Å²) < 4.78 is 1.82. The molecule has 1 aromatic heterocycles. The molecule has 2 aromatic carbocycles. The second-order valence-electron chi connectivity index (χ2n) is 5.34. The van der Waals surface area contributed by atoms with Crippen molar-refractivity contribution in [3.8, 4) is 0 Å². The predicted molar refractivity (Wildman–Crippen MR) is 88.2 cm³/mol. The lowest BCUT2D eigenvalue weighted by Crippen LogP contribution is -2.21. The third kappa shape index (κ3) is 2.59. The van der Waals surface area contributed by atoms with E-state index in [0.29, 0.717) is 6.54 Å². The van der Waals surface area contributed by atoms with E-state index in [1.807, 2.05) is 54.8 Å². The SMILES string of the molecule is Cc1cc(Cl)ccc1Cn1c(=O)cc(C)c2ccccc21. The summed E-state index contributed by atoms with van der Waals surface area (Å²) in [6.45, 7) is 4.55. The molecule has 3 aromatic rings. The Hall–Kier alpha value is -2.06. The fourth-order valence-corrected chi connectivity index (χ4v) is 2.90. The number of para-hydroxylation sites is 1. The molecule has 106 valence electrons. The van der Waals surface area contributed by atoms with Gasteiger partial charge in [0.1, 0.15) is 0 Å². The minimum absolute atomic E-state index is 0.0283. The summed E-state index contributed by atoms with van der Waals surface area (Å²) in [5.74, 6) is 0. The van der Waals surface area contributed by atoms with Crippen LogP contribution in [0.1, 0.15) is 16.7 Å². The summed E-state index contributed by atoms with van der Waals surface area (Å²) in [5, 5.41) is 1.83. The van der Waals surface area contributed by atoms with Crippen LogP contribution in [0.4, 0.5) is 0 Å². The first-order valence-corrected chi connectivity index (χ1v) is 7.28. The molecule has 0 aliphatic heterocycles. The van der Waals surface area contributed by atoms with E-state index in [0.717, 1.165) is 32.6 Å². The van der Waals surface area contributed by atoms with Gasteiger partial charge in [-0.1, -0.05) is 35.9 Å². The summed E-state index contributed by atoms with van der Waals surface area (Å²) in [4.78, 5) is 12.4. The lowest BCUT2D eigenvalue weighted by Gasteiger charge is -2.13. The molecule has 0 amide bonds.